The Morgan fingerprint density at radius 2 is 1.68 bits per heavy atom. The number of ether oxygens (including phenoxy) is 2. The van der Waals surface area contributed by atoms with Crippen molar-refractivity contribution in [2.24, 2.45) is 0 Å². The van der Waals surface area contributed by atoms with Crippen molar-refractivity contribution < 1.29 is 24.2 Å². The average molecular weight is 497 g/mol. The van der Waals surface area contributed by atoms with Gasteiger partial charge in [-0.15, -0.1) is 0 Å². The van der Waals surface area contributed by atoms with Crippen molar-refractivity contribution in [3.63, 3.8) is 0 Å². The van der Waals surface area contributed by atoms with Crippen molar-refractivity contribution in [3.8, 4) is 11.5 Å². The van der Waals surface area contributed by atoms with Gasteiger partial charge >= 0.3 is 0 Å². The van der Waals surface area contributed by atoms with E-state index in [1.165, 1.54) is 19.1 Å². The van der Waals surface area contributed by atoms with Crippen LogP contribution in [-0.4, -0.2) is 36.0 Å². The summed E-state index contributed by atoms with van der Waals surface area (Å²) in [5, 5.41) is 12.5. The van der Waals surface area contributed by atoms with Crippen LogP contribution in [0.4, 0.5) is 5.69 Å². The van der Waals surface area contributed by atoms with Crippen LogP contribution in [0.3, 0.4) is 0 Å². The number of ketones is 1. The highest BCUT2D eigenvalue weighted by atomic mass is 16.5. The lowest BCUT2D eigenvalue weighted by atomic mass is 9.92. The Morgan fingerprint density at radius 3 is 2.38 bits per heavy atom. The monoisotopic (exact) mass is 496 g/mol. The van der Waals surface area contributed by atoms with E-state index < -0.39 is 17.7 Å². The standard InChI is InChI=1S/C30H28N2O5/c1-16-10-11-19(14-17(16)2)32-27(25-18(3)31-23-9-7-6-8-21(23)25)26(29(34)30(32)35)28(33)22-13-12-20(36-4)15-24(22)37-5/h6-15,27,31,33H,1-5H3/b28-26+. The second kappa shape index (κ2) is 9.17. The van der Waals surface area contributed by atoms with Gasteiger partial charge in [0, 0.05) is 33.9 Å². The van der Waals surface area contributed by atoms with E-state index in [1.807, 2.05) is 63.2 Å². The fourth-order valence-electron chi connectivity index (χ4n) is 5.04. The number of aromatic nitrogens is 1. The minimum absolute atomic E-state index is 0.000419. The molecule has 1 atom stereocenters. The molecule has 2 N–H and O–H groups in total. The molecule has 0 radical (unpaired) electrons. The van der Waals surface area contributed by atoms with Crippen molar-refractivity contribution in [1.29, 1.82) is 0 Å². The number of H-pyrrole nitrogens is 1. The number of rotatable bonds is 5. The highest BCUT2D eigenvalue weighted by Crippen LogP contribution is 2.46. The number of methoxy groups -OCH3 is 2. The Balaban J connectivity index is 1.82. The first-order chi connectivity index (χ1) is 17.8. The van der Waals surface area contributed by atoms with Gasteiger partial charge in [-0.2, -0.15) is 0 Å². The summed E-state index contributed by atoms with van der Waals surface area (Å²) >= 11 is 0. The van der Waals surface area contributed by atoms with Crippen LogP contribution >= 0.6 is 0 Å². The zero-order chi connectivity index (χ0) is 26.4. The van der Waals surface area contributed by atoms with E-state index in [-0.39, 0.29) is 11.3 Å². The summed E-state index contributed by atoms with van der Waals surface area (Å²) in [4.78, 5) is 32.1. The van der Waals surface area contributed by atoms with E-state index in [0.29, 0.717) is 22.7 Å². The SMILES string of the molecule is COc1ccc(/C(O)=C2\C(=O)C(=O)N(c3ccc(C)c(C)c3)C2c2c(C)[nH]c3ccccc23)c(OC)c1. The number of anilines is 1. The first-order valence-electron chi connectivity index (χ1n) is 11.9. The van der Waals surface area contributed by atoms with Crippen LogP contribution in [0.1, 0.15) is 34.0 Å². The Kier molecular flexibility index (Phi) is 5.99. The molecule has 0 bridgehead atoms. The second-order valence-electron chi connectivity index (χ2n) is 9.21. The van der Waals surface area contributed by atoms with Gasteiger partial charge in [0.25, 0.3) is 11.7 Å². The number of fused-ring (bicyclic) bond motifs is 1. The normalized spacial score (nSPS) is 17.0. The van der Waals surface area contributed by atoms with E-state index in [2.05, 4.69) is 4.98 Å². The van der Waals surface area contributed by atoms with Crippen LogP contribution in [-0.2, 0) is 9.59 Å². The molecule has 5 rings (SSSR count). The van der Waals surface area contributed by atoms with Gasteiger partial charge in [0.1, 0.15) is 17.3 Å². The van der Waals surface area contributed by atoms with Gasteiger partial charge in [-0.25, -0.2) is 0 Å². The topological polar surface area (TPSA) is 91.9 Å². The first kappa shape index (κ1) is 24.2. The van der Waals surface area contributed by atoms with Crippen LogP contribution in [0.2, 0.25) is 0 Å². The molecule has 37 heavy (non-hydrogen) atoms. The number of benzene rings is 3. The lowest BCUT2D eigenvalue weighted by molar-refractivity contribution is -0.132. The number of aliphatic hydroxyl groups excluding tert-OH is 1. The van der Waals surface area contributed by atoms with Gasteiger partial charge < -0.3 is 19.6 Å². The number of aryl methyl sites for hydroxylation is 3. The van der Waals surface area contributed by atoms with E-state index >= 15 is 0 Å². The molecule has 1 fully saturated rings. The van der Waals surface area contributed by atoms with E-state index in [0.717, 1.165) is 33.3 Å². The van der Waals surface area contributed by atoms with Gasteiger partial charge in [-0.3, -0.25) is 14.5 Å². The number of aromatic amines is 1. The number of Topliss-reactive ketones (excluding diaryl/α,β-unsaturated/α-hetero) is 1. The molecule has 0 saturated carbocycles. The van der Waals surface area contributed by atoms with Crippen LogP contribution in [0.5, 0.6) is 11.5 Å². The molecule has 0 aliphatic carbocycles. The number of para-hydroxylation sites is 1. The van der Waals surface area contributed by atoms with E-state index in [9.17, 15) is 14.7 Å². The summed E-state index contributed by atoms with van der Waals surface area (Å²) in [6.45, 7) is 5.86. The number of hydrogen-bond donors (Lipinski definition) is 2. The molecule has 2 heterocycles. The van der Waals surface area contributed by atoms with Crippen molar-refractivity contribution in [3.05, 3.63) is 94.2 Å². The predicted molar refractivity (Wildman–Crippen MR) is 143 cm³/mol. The van der Waals surface area contributed by atoms with Gasteiger partial charge in [0.05, 0.1) is 31.4 Å². The Hall–Kier alpha value is -4.52. The highest BCUT2D eigenvalue weighted by molar-refractivity contribution is 6.52. The number of carbonyl (C=O) groups excluding carboxylic acids is 2. The van der Waals surface area contributed by atoms with Crippen LogP contribution in [0.15, 0.2) is 66.2 Å². The van der Waals surface area contributed by atoms with Gasteiger partial charge in [-0.1, -0.05) is 24.3 Å². The second-order valence-corrected chi connectivity index (χ2v) is 9.21. The smallest absolute Gasteiger partial charge is 0.300 e. The van der Waals surface area contributed by atoms with Gasteiger partial charge in [0.2, 0.25) is 0 Å². The van der Waals surface area contributed by atoms with Crippen LogP contribution in [0.25, 0.3) is 16.7 Å². The van der Waals surface area contributed by atoms with E-state index in [1.54, 1.807) is 18.2 Å². The zero-order valence-corrected chi connectivity index (χ0v) is 21.4. The number of hydrogen-bond acceptors (Lipinski definition) is 5. The minimum atomic E-state index is -0.856. The maximum Gasteiger partial charge on any atom is 0.300 e. The molecular weight excluding hydrogens is 468 g/mol. The maximum atomic E-state index is 13.6. The fraction of sp³-hybridized carbons (Fsp3) is 0.200. The van der Waals surface area contributed by atoms with Gasteiger partial charge in [-0.05, 0) is 62.2 Å². The Labute approximate surface area is 214 Å². The molecule has 7 nitrogen and oxygen atoms in total. The molecule has 188 valence electrons. The van der Waals surface area contributed by atoms with Crippen LogP contribution in [0, 0.1) is 20.8 Å². The van der Waals surface area contributed by atoms with Crippen molar-refractivity contribution in [1.82, 2.24) is 4.98 Å². The largest absolute Gasteiger partial charge is 0.507 e. The van der Waals surface area contributed by atoms with Crippen LogP contribution < -0.4 is 14.4 Å². The fourth-order valence-corrected chi connectivity index (χ4v) is 5.04. The Bertz CT molecular complexity index is 1600. The predicted octanol–water partition coefficient (Wildman–Crippen LogP) is 5.74. The van der Waals surface area contributed by atoms with E-state index in [4.69, 9.17) is 9.47 Å². The number of aliphatic hydroxyl groups is 1. The highest BCUT2D eigenvalue weighted by Gasteiger charge is 2.48. The number of nitrogens with one attached hydrogen (secondary N) is 1. The Morgan fingerprint density at radius 1 is 0.919 bits per heavy atom. The molecule has 1 aromatic heterocycles. The minimum Gasteiger partial charge on any atom is -0.507 e. The molecule has 0 spiro atoms. The summed E-state index contributed by atoms with van der Waals surface area (Å²) in [6, 6.07) is 17.4. The quantitative estimate of drug-likeness (QED) is 0.209. The average Bonchev–Trinajstić information content (AvgIpc) is 3.36. The van der Waals surface area contributed by atoms with Gasteiger partial charge in [0.15, 0.2) is 0 Å². The molecule has 1 saturated heterocycles. The summed E-state index contributed by atoms with van der Waals surface area (Å²) in [6.07, 6.45) is 0. The molecule has 1 aliphatic rings. The summed E-state index contributed by atoms with van der Waals surface area (Å²) in [5.41, 5.74) is 5.37. The first-order valence-corrected chi connectivity index (χ1v) is 11.9. The summed E-state index contributed by atoms with van der Waals surface area (Å²) in [5.74, 6) is -0.911. The third-order valence-corrected chi connectivity index (χ3v) is 7.09. The molecule has 3 aromatic carbocycles. The number of amides is 1. The lowest BCUT2D eigenvalue weighted by Gasteiger charge is -2.26. The van der Waals surface area contributed by atoms with Crippen molar-refractivity contribution in [2.45, 2.75) is 26.8 Å². The molecular formula is C30H28N2O5. The molecule has 1 aliphatic heterocycles. The zero-order valence-electron chi connectivity index (χ0n) is 21.4. The number of nitrogens with zero attached hydrogens (tertiary/aromatic N) is 1. The summed E-state index contributed by atoms with van der Waals surface area (Å²) < 4.78 is 10.8. The third-order valence-electron chi connectivity index (χ3n) is 7.09. The third kappa shape index (κ3) is 3.83. The molecule has 1 amide bonds. The molecule has 1 unspecified atom stereocenters. The molecule has 4 aromatic rings. The lowest BCUT2D eigenvalue weighted by Crippen LogP contribution is -2.29. The van der Waals surface area contributed by atoms with Crippen molar-refractivity contribution in [2.75, 3.05) is 19.1 Å². The van der Waals surface area contributed by atoms with Crippen molar-refractivity contribution >= 4 is 34.0 Å². The summed E-state index contributed by atoms with van der Waals surface area (Å²) in [7, 11) is 3.00. The maximum absolute atomic E-state index is 13.6. The molecule has 7 heteroatoms. The number of carbonyl (C=O) groups is 2.